The van der Waals surface area contributed by atoms with Gasteiger partial charge in [0.15, 0.2) is 0 Å². The molecule has 31 heavy (non-hydrogen) atoms. The second kappa shape index (κ2) is 8.47. The summed E-state index contributed by atoms with van der Waals surface area (Å²) in [6, 6.07) is 11.3. The van der Waals surface area contributed by atoms with E-state index >= 15 is 0 Å². The second-order valence-corrected chi connectivity index (χ2v) is 9.44. The third-order valence-corrected chi connectivity index (χ3v) is 7.32. The molecule has 1 N–H and O–H groups in total. The number of pyridine rings is 1. The molecule has 0 unspecified atom stereocenters. The first kappa shape index (κ1) is 20.8. The summed E-state index contributed by atoms with van der Waals surface area (Å²) in [7, 11) is 2.21. The van der Waals surface area contributed by atoms with Crippen LogP contribution in [0.2, 0.25) is 0 Å². The molecule has 2 aliphatic heterocycles. The number of alkyl halides is 2. The van der Waals surface area contributed by atoms with E-state index in [0.717, 1.165) is 38.0 Å². The molecular formula is C25H32F2N4. The van der Waals surface area contributed by atoms with Gasteiger partial charge in [0.25, 0.3) is 5.92 Å². The van der Waals surface area contributed by atoms with E-state index < -0.39 is 5.92 Å². The number of rotatable bonds is 4. The Hall–Kier alpha value is -2.05. The zero-order valence-electron chi connectivity index (χ0n) is 18.3. The molecule has 1 fully saturated rings. The van der Waals surface area contributed by atoms with Gasteiger partial charge in [0.2, 0.25) is 0 Å². The molecule has 0 amide bonds. The predicted molar refractivity (Wildman–Crippen MR) is 120 cm³/mol. The number of anilines is 1. The molecule has 3 aliphatic rings. The highest BCUT2D eigenvalue weighted by molar-refractivity contribution is 5.58. The molecule has 3 heterocycles. The fourth-order valence-corrected chi connectivity index (χ4v) is 5.58. The van der Waals surface area contributed by atoms with E-state index in [1.165, 1.54) is 28.8 Å². The molecule has 6 heteroatoms. The van der Waals surface area contributed by atoms with Crippen LogP contribution >= 0.6 is 0 Å². The highest BCUT2D eigenvalue weighted by Gasteiger charge is 2.35. The lowest BCUT2D eigenvalue weighted by atomic mass is 9.89. The summed E-state index contributed by atoms with van der Waals surface area (Å²) >= 11 is 0. The smallest absolute Gasteiger partial charge is 0.251 e. The molecule has 1 aliphatic carbocycles. The SMILES string of the molecule is CN(C[C@H]1Cc2c(cccc2N2CCC(F)(F)CC2)CN1)[C@H]1CCCc2cccnc21. The van der Waals surface area contributed by atoms with Gasteiger partial charge in [0, 0.05) is 56.9 Å². The van der Waals surface area contributed by atoms with Crippen molar-refractivity contribution in [3.8, 4) is 0 Å². The van der Waals surface area contributed by atoms with Crippen LogP contribution in [0.5, 0.6) is 0 Å². The van der Waals surface area contributed by atoms with Crippen LogP contribution in [0.3, 0.4) is 0 Å². The minimum Gasteiger partial charge on any atom is -0.371 e. The zero-order chi connectivity index (χ0) is 21.4. The highest BCUT2D eigenvalue weighted by atomic mass is 19.3. The van der Waals surface area contributed by atoms with E-state index in [1.807, 2.05) is 12.3 Å². The zero-order valence-corrected chi connectivity index (χ0v) is 18.3. The number of hydrogen-bond acceptors (Lipinski definition) is 4. The quantitative estimate of drug-likeness (QED) is 0.788. The largest absolute Gasteiger partial charge is 0.371 e. The molecule has 0 saturated carbocycles. The third kappa shape index (κ3) is 4.33. The lowest BCUT2D eigenvalue weighted by molar-refractivity contribution is -0.0220. The molecule has 0 radical (unpaired) electrons. The first-order valence-electron chi connectivity index (χ1n) is 11.6. The van der Waals surface area contributed by atoms with Crippen molar-refractivity contribution < 1.29 is 8.78 Å². The second-order valence-electron chi connectivity index (χ2n) is 9.44. The van der Waals surface area contributed by atoms with Gasteiger partial charge in [-0.1, -0.05) is 18.2 Å². The van der Waals surface area contributed by atoms with Gasteiger partial charge in [-0.2, -0.15) is 0 Å². The van der Waals surface area contributed by atoms with Crippen molar-refractivity contribution >= 4 is 5.69 Å². The Kier molecular flexibility index (Phi) is 5.69. The van der Waals surface area contributed by atoms with Crippen LogP contribution in [0.4, 0.5) is 14.5 Å². The van der Waals surface area contributed by atoms with E-state index in [4.69, 9.17) is 4.98 Å². The van der Waals surface area contributed by atoms with E-state index in [-0.39, 0.29) is 12.8 Å². The number of aromatic nitrogens is 1. The van der Waals surface area contributed by atoms with Gasteiger partial charge in [0.05, 0.1) is 11.7 Å². The van der Waals surface area contributed by atoms with Crippen molar-refractivity contribution in [3.63, 3.8) is 0 Å². The maximum atomic E-state index is 13.7. The summed E-state index contributed by atoms with van der Waals surface area (Å²) in [6.07, 6.45) is 6.24. The first-order valence-corrected chi connectivity index (χ1v) is 11.6. The van der Waals surface area contributed by atoms with Gasteiger partial charge in [0.1, 0.15) is 0 Å². The molecule has 1 aromatic heterocycles. The summed E-state index contributed by atoms with van der Waals surface area (Å²) in [6.45, 7) is 2.66. The normalized spacial score (nSPS) is 25.2. The summed E-state index contributed by atoms with van der Waals surface area (Å²) in [5.41, 5.74) is 6.43. The number of hydrogen-bond donors (Lipinski definition) is 1. The van der Waals surface area contributed by atoms with Crippen molar-refractivity contribution in [1.82, 2.24) is 15.2 Å². The number of nitrogens with zero attached hydrogens (tertiary/aromatic N) is 3. The average Bonchev–Trinajstić information content (AvgIpc) is 2.78. The van der Waals surface area contributed by atoms with Crippen molar-refractivity contribution in [2.24, 2.45) is 0 Å². The van der Waals surface area contributed by atoms with Crippen LogP contribution in [-0.2, 0) is 19.4 Å². The van der Waals surface area contributed by atoms with Crippen LogP contribution in [0.1, 0.15) is 54.1 Å². The Bertz CT molecular complexity index is 921. The molecule has 0 spiro atoms. The van der Waals surface area contributed by atoms with Crippen molar-refractivity contribution in [3.05, 3.63) is 58.9 Å². The number of fused-ring (bicyclic) bond motifs is 2. The number of halogens is 2. The molecule has 166 valence electrons. The van der Waals surface area contributed by atoms with Gasteiger partial charge in [-0.15, -0.1) is 0 Å². The minimum atomic E-state index is -2.51. The standard InChI is InChI=1S/C25H32F2N4/c1-30(23-9-2-5-18-7-4-12-28-24(18)23)17-20-15-21-19(16-29-20)6-3-8-22(21)31-13-10-25(26,27)11-14-31/h3-4,6-8,12,20,23,29H,2,5,9-11,13-17H2,1H3/t20-,23+/m1/s1. The molecule has 2 aromatic rings. The molecule has 1 aromatic carbocycles. The van der Waals surface area contributed by atoms with E-state index in [1.54, 1.807) is 0 Å². The van der Waals surface area contributed by atoms with Gasteiger partial charge in [-0.05, 0) is 61.6 Å². The van der Waals surface area contributed by atoms with Gasteiger partial charge in [-0.3, -0.25) is 9.88 Å². The molecule has 0 bridgehead atoms. The van der Waals surface area contributed by atoms with Crippen molar-refractivity contribution in [2.75, 3.05) is 31.6 Å². The van der Waals surface area contributed by atoms with Crippen LogP contribution in [0.15, 0.2) is 36.5 Å². The Morgan fingerprint density at radius 2 is 1.97 bits per heavy atom. The van der Waals surface area contributed by atoms with Crippen molar-refractivity contribution in [2.45, 2.75) is 63.1 Å². The minimum absolute atomic E-state index is 0.0465. The fraction of sp³-hybridized carbons (Fsp3) is 0.560. The summed E-state index contributed by atoms with van der Waals surface area (Å²) < 4.78 is 27.3. The number of piperidine rings is 1. The Morgan fingerprint density at radius 3 is 2.81 bits per heavy atom. The lowest BCUT2D eigenvalue weighted by Crippen LogP contribution is -2.46. The molecule has 1 saturated heterocycles. The summed E-state index contributed by atoms with van der Waals surface area (Å²) in [5, 5.41) is 3.71. The third-order valence-electron chi connectivity index (χ3n) is 7.32. The van der Waals surface area contributed by atoms with E-state index in [2.05, 4.69) is 46.4 Å². The molecular weight excluding hydrogens is 394 g/mol. The number of nitrogens with one attached hydrogen (secondary N) is 1. The fourth-order valence-electron chi connectivity index (χ4n) is 5.58. The van der Waals surface area contributed by atoms with Crippen molar-refractivity contribution in [1.29, 1.82) is 0 Å². The number of likely N-dealkylation sites (N-methyl/N-ethyl adjacent to an activating group) is 1. The van der Waals surface area contributed by atoms with Crippen LogP contribution in [0, 0.1) is 0 Å². The summed E-state index contributed by atoms with van der Waals surface area (Å²) in [4.78, 5) is 9.33. The molecule has 2 atom stereocenters. The topological polar surface area (TPSA) is 31.4 Å². The van der Waals surface area contributed by atoms with Crippen LogP contribution in [-0.4, -0.2) is 48.5 Å². The van der Waals surface area contributed by atoms with Gasteiger partial charge >= 0.3 is 0 Å². The monoisotopic (exact) mass is 426 g/mol. The maximum Gasteiger partial charge on any atom is 0.251 e. The predicted octanol–water partition coefficient (Wildman–Crippen LogP) is 4.34. The van der Waals surface area contributed by atoms with Gasteiger partial charge in [-0.25, -0.2) is 8.78 Å². The Balaban J connectivity index is 1.30. The highest BCUT2D eigenvalue weighted by Crippen LogP contribution is 2.36. The Labute approximate surface area is 183 Å². The van der Waals surface area contributed by atoms with E-state index in [9.17, 15) is 8.78 Å². The number of benzene rings is 1. The van der Waals surface area contributed by atoms with E-state index in [0.29, 0.717) is 25.2 Å². The first-order chi connectivity index (χ1) is 15.0. The maximum absolute atomic E-state index is 13.7. The van der Waals surface area contributed by atoms with Gasteiger partial charge < -0.3 is 10.2 Å². The van der Waals surface area contributed by atoms with Crippen LogP contribution in [0.25, 0.3) is 0 Å². The lowest BCUT2D eigenvalue weighted by Gasteiger charge is -2.39. The average molecular weight is 427 g/mol. The number of aryl methyl sites for hydroxylation is 1. The Morgan fingerprint density at radius 1 is 1.16 bits per heavy atom. The van der Waals surface area contributed by atoms with Crippen LogP contribution < -0.4 is 10.2 Å². The molecule has 5 rings (SSSR count). The molecule has 4 nitrogen and oxygen atoms in total. The summed E-state index contributed by atoms with van der Waals surface area (Å²) in [5.74, 6) is -2.51.